The number of amides is 1. The average Bonchev–Trinajstić information content (AvgIpc) is 2.73. The summed E-state index contributed by atoms with van der Waals surface area (Å²) < 4.78 is 33.0. The van der Waals surface area contributed by atoms with Gasteiger partial charge in [0, 0.05) is 37.5 Å². The molecule has 1 N–H and O–H groups in total. The fourth-order valence-corrected chi connectivity index (χ4v) is 4.53. The van der Waals surface area contributed by atoms with Gasteiger partial charge in [-0.3, -0.25) is 4.79 Å². The van der Waals surface area contributed by atoms with E-state index in [2.05, 4.69) is 9.71 Å². The SMILES string of the molecule is COc1ccc(CNS(=O)(=O)[C@@H]2CCCN(C(=O)c3ccccc3)C2)cn1. The molecule has 1 amide bonds. The number of aromatic nitrogens is 1. The van der Waals surface area contributed by atoms with Crippen LogP contribution in [0, 0.1) is 0 Å². The first kappa shape index (κ1) is 19.3. The van der Waals surface area contributed by atoms with Gasteiger partial charge in [0.05, 0.1) is 12.4 Å². The summed E-state index contributed by atoms with van der Waals surface area (Å²) in [5.41, 5.74) is 1.32. The molecular weight excluding hydrogens is 366 g/mol. The van der Waals surface area contributed by atoms with Crippen LogP contribution in [0.3, 0.4) is 0 Å². The molecule has 0 aliphatic carbocycles. The maximum atomic E-state index is 12.7. The molecule has 7 nitrogen and oxygen atoms in total. The third-order valence-electron chi connectivity index (χ3n) is 4.61. The molecule has 2 aromatic rings. The summed E-state index contributed by atoms with van der Waals surface area (Å²) in [6.45, 7) is 0.925. The topological polar surface area (TPSA) is 88.6 Å². The predicted octanol–water partition coefficient (Wildman–Crippen LogP) is 1.81. The fourth-order valence-electron chi connectivity index (χ4n) is 3.08. The largest absolute Gasteiger partial charge is 0.481 e. The van der Waals surface area contributed by atoms with Crippen LogP contribution in [0.4, 0.5) is 0 Å². The number of rotatable bonds is 6. The van der Waals surface area contributed by atoms with E-state index in [9.17, 15) is 13.2 Å². The number of pyridine rings is 1. The highest BCUT2D eigenvalue weighted by molar-refractivity contribution is 7.90. The van der Waals surface area contributed by atoms with Crippen LogP contribution in [0.5, 0.6) is 5.88 Å². The zero-order valence-electron chi connectivity index (χ0n) is 15.2. The van der Waals surface area contributed by atoms with Crippen molar-refractivity contribution in [1.82, 2.24) is 14.6 Å². The van der Waals surface area contributed by atoms with Crippen molar-refractivity contribution in [3.8, 4) is 5.88 Å². The lowest BCUT2D eigenvalue weighted by molar-refractivity contribution is 0.0726. The number of nitrogens with one attached hydrogen (secondary N) is 1. The molecule has 1 aromatic carbocycles. The summed E-state index contributed by atoms with van der Waals surface area (Å²) in [5, 5.41) is -0.620. The smallest absolute Gasteiger partial charge is 0.253 e. The molecular formula is C19H23N3O4S. The standard InChI is InChI=1S/C19H23N3O4S/c1-26-18-10-9-15(12-20-18)13-21-27(24,25)17-8-5-11-22(14-17)19(23)16-6-3-2-4-7-16/h2-4,6-7,9-10,12,17,21H,5,8,11,13-14H2,1H3/t17-/m1/s1. The van der Waals surface area contributed by atoms with E-state index in [0.29, 0.717) is 30.8 Å². The van der Waals surface area contributed by atoms with Crippen molar-refractivity contribution in [2.75, 3.05) is 20.2 Å². The van der Waals surface area contributed by atoms with E-state index in [4.69, 9.17) is 4.74 Å². The number of piperidine rings is 1. The Labute approximate surface area is 159 Å². The number of carbonyl (C=O) groups excluding carboxylic acids is 1. The number of hydrogen-bond acceptors (Lipinski definition) is 5. The summed E-state index contributed by atoms with van der Waals surface area (Å²) >= 11 is 0. The van der Waals surface area contributed by atoms with E-state index in [1.807, 2.05) is 6.07 Å². The maximum absolute atomic E-state index is 12.7. The highest BCUT2D eigenvalue weighted by atomic mass is 32.2. The highest BCUT2D eigenvalue weighted by Crippen LogP contribution is 2.19. The number of sulfonamides is 1. The molecule has 0 saturated carbocycles. The Hall–Kier alpha value is -2.45. The fraction of sp³-hybridized carbons (Fsp3) is 0.368. The van der Waals surface area contributed by atoms with E-state index in [0.717, 1.165) is 5.56 Å². The van der Waals surface area contributed by atoms with Crippen molar-refractivity contribution < 1.29 is 17.9 Å². The van der Waals surface area contributed by atoms with E-state index in [-0.39, 0.29) is 19.0 Å². The highest BCUT2D eigenvalue weighted by Gasteiger charge is 2.32. The molecule has 0 radical (unpaired) electrons. The Balaban J connectivity index is 1.62. The van der Waals surface area contributed by atoms with Crippen LogP contribution in [0.25, 0.3) is 0 Å². The number of methoxy groups -OCH3 is 1. The number of hydrogen-bond donors (Lipinski definition) is 1. The summed E-state index contributed by atoms with van der Waals surface area (Å²) in [4.78, 5) is 18.3. The molecule has 27 heavy (non-hydrogen) atoms. The van der Waals surface area contributed by atoms with Crippen molar-refractivity contribution in [2.45, 2.75) is 24.6 Å². The molecule has 1 aromatic heterocycles. The van der Waals surface area contributed by atoms with Crippen LogP contribution >= 0.6 is 0 Å². The minimum absolute atomic E-state index is 0.130. The van der Waals surface area contributed by atoms with Gasteiger partial charge in [-0.2, -0.15) is 0 Å². The van der Waals surface area contributed by atoms with Crippen LogP contribution in [0.15, 0.2) is 48.7 Å². The first-order chi connectivity index (χ1) is 13.0. The Kier molecular flexibility index (Phi) is 6.08. The van der Waals surface area contributed by atoms with Crippen LogP contribution in [-0.4, -0.2) is 49.7 Å². The van der Waals surface area contributed by atoms with Gasteiger partial charge in [0.1, 0.15) is 0 Å². The number of ether oxygens (including phenoxy) is 1. The number of nitrogens with zero attached hydrogens (tertiary/aromatic N) is 2. The molecule has 1 fully saturated rings. The number of likely N-dealkylation sites (tertiary alicyclic amines) is 1. The number of carbonyl (C=O) groups is 1. The third kappa shape index (κ3) is 4.84. The molecule has 2 heterocycles. The monoisotopic (exact) mass is 389 g/mol. The van der Waals surface area contributed by atoms with E-state index >= 15 is 0 Å². The molecule has 8 heteroatoms. The lowest BCUT2D eigenvalue weighted by Crippen LogP contribution is -2.48. The predicted molar refractivity (Wildman–Crippen MR) is 102 cm³/mol. The second-order valence-electron chi connectivity index (χ2n) is 6.46. The summed E-state index contributed by atoms with van der Waals surface area (Å²) in [6, 6.07) is 12.4. The van der Waals surface area contributed by atoms with Gasteiger partial charge >= 0.3 is 0 Å². The number of benzene rings is 1. The lowest BCUT2D eigenvalue weighted by Gasteiger charge is -2.32. The maximum Gasteiger partial charge on any atom is 0.253 e. The second kappa shape index (κ2) is 8.49. The molecule has 0 unspecified atom stereocenters. The van der Waals surface area contributed by atoms with Crippen LogP contribution in [0.2, 0.25) is 0 Å². The summed E-state index contributed by atoms with van der Waals surface area (Å²) in [5.74, 6) is 0.346. The summed E-state index contributed by atoms with van der Waals surface area (Å²) in [6.07, 6.45) is 2.77. The van der Waals surface area contributed by atoms with Gasteiger partial charge < -0.3 is 9.64 Å². The van der Waals surface area contributed by atoms with Gasteiger partial charge in [-0.25, -0.2) is 18.1 Å². The molecule has 3 rings (SSSR count). The van der Waals surface area contributed by atoms with E-state index < -0.39 is 15.3 Å². The van der Waals surface area contributed by atoms with Crippen LogP contribution in [0.1, 0.15) is 28.8 Å². The van der Waals surface area contributed by atoms with Crippen LogP contribution < -0.4 is 9.46 Å². The van der Waals surface area contributed by atoms with Gasteiger partial charge in [-0.15, -0.1) is 0 Å². The molecule has 1 aliphatic rings. The van der Waals surface area contributed by atoms with Gasteiger partial charge in [-0.1, -0.05) is 24.3 Å². The van der Waals surface area contributed by atoms with Crippen molar-refractivity contribution in [3.63, 3.8) is 0 Å². The normalized spacial score (nSPS) is 17.5. The van der Waals surface area contributed by atoms with E-state index in [1.165, 1.54) is 7.11 Å². The van der Waals surface area contributed by atoms with Gasteiger partial charge in [0.15, 0.2) is 0 Å². The van der Waals surface area contributed by atoms with E-state index in [1.54, 1.807) is 47.5 Å². The van der Waals surface area contributed by atoms with Crippen molar-refractivity contribution >= 4 is 15.9 Å². The van der Waals surface area contributed by atoms with Crippen molar-refractivity contribution in [2.24, 2.45) is 0 Å². The van der Waals surface area contributed by atoms with Crippen molar-refractivity contribution in [1.29, 1.82) is 0 Å². The Morgan fingerprint density at radius 3 is 2.70 bits per heavy atom. The first-order valence-corrected chi connectivity index (χ1v) is 10.4. The molecule has 1 saturated heterocycles. The second-order valence-corrected chi connectivity index (χ2v) is 8.50. The molecule has 0 spiro atoms. The summed E-state index contributed by atoms with van der Waals surface area (Å²) in [7, 11) is -2.02. The molecule has 1 aliphatic heterocycles. The van der Waals surface area contributed by atoms with Crippen molar-refractivity contribution in [3.05, 3.63) is 59.8 Å². The van der Waals surface area contributed by atoms with Gasteiger partial charge in [0.2, 0.25) is 15.9 Å². The quantitative estimate of drug-likeness (QED) is 0.814. The first-order valence-electron chi connectivity index (χ1n) is 8.81. The third-order valence-corrected chi connectivity index (χ3v) is 6.42. The Bertz CT molecular complexity index is 870. The average molecular weight is 389 g/mol. The van der Waals surface area contributed by atoms with Gasteiger partial charge in [0.25, 0.3) is 5.91 Å². The lowest BCUT2D eigenvalue weighted by atomic mass is 10.1. The minimum Gasteiger partial charge on any atom is -0.481 e. The zero-order valence-corrected chi connectivity index (χ0v) is 16.0. The molecule has 1 atom stereocenters. The Morgan fingerprint density at radius 2 is 2.04 bits per heavy atom. The Morgan fingerprint density at radius 1 is 1.26 bits per heavy atom. The zero-order chi connectivity index (χ0) is 19.3. The van der Waals surface area contributed by atoms with Gasteiger partial charge in [-0.05, 0) is 30.5 Å². The minimum atomic E-state index is -3.55. The molecule has 144 valence electrons. The van der Waals surface area contributed by atoms with Crippen LogP contribution in [-0.2, 0) is 16.6 Å². The molecule has 0 bridgehead atoms.